The number of carboxylic acids is 1. The predicted molar refractivity (Wildman–Crippen MR) is 81.0 cm³/mol. The van der Waals surface area contributed by atoms with E-state index in [2.05, 4.69) is 4.72 Å². The van der Waals surface area contributed by atoms with Gasteiger partial charge in [-0.1, -0.05) is 36.4 Å². The fourth-order valence-corrected chi connectivity index (χ4v) is 4.37. The molecule has 0 amide bonds. The zero-order valence-corrected chi connectivity index (χ0v) is 12.8. The van der Waals surface area contributed by atoms with Crippen LogP contribution in [0.4, 0.5) is 0 Å². The van der Waals surface area contributed by atoms with E-state index in [1.165, 1.54) is 4.31 Å². The van der Waals surface area contributed by atoms with Gasteiger partial charge in [0.2, 0.25) is 0 Å². The van der Waals surface area contributed by atoms with Crippen molar-refractivity contribution in [3.8, 4) is 0 Å². The van der Waals surface area contributed by atoms with Gasteiger partial charge in [-0.25, -0.2) is 0 Å². The molecule has 0 unspecified atom stereocenters. The Hall–Kier alpha value is -1.70. The Bertz CT molecular complexity index is 689. The summed E-state index contributed by atoms with van der Waals surface area (Å²) < 4.78 is 29.0. The lowest BCUT2D eigenvalue weighted by Gasteiger charge is -2.28. The highest BCUT2D eigenvalue weighted by Crippen LogP contribution is 2.26. The average Bonchev–Trinajstić information content (AvgIpc) is 2.92. The van der Waals surface area contributed by atoms with Crippen molar-refractivity contribution in [2.45, 2.75) is 32.0 Å². The third-order valence-corrected chi connectivity index (χ3v) is 5.74. The predicted octanol–water partition coefficient (Wildman–Crippen LogP) is 1.26. The average molecular weight is 322 g/mol. The molecule has 1 heterocycles. The van der Waals surface area contributed by atoms with Gasteiger partial charge >= 0.3 is 5.97 Å². The van der Waals surface area contributed by atoms with Crippen LogP contribution in [-0.2, 0) is 28.1 Å². The number of benzene rings is 1. The minimum absolute atomic E-state index is 0.325. The van der Waals surface area contributed by atoms with Crippen LogP contribution in [0.15, 0.2) is 36.4 Å². The summed E-state index contributed by atoms with van der Waals surface area (Å²) in [6.45, 7) is 0.650. The quantitative estimate of drug-likeness (QED) is 0.817. The molecule has 118 valence electrons. The van der Waals surface area contributed by atoms with Gasteiger partial charge in [0.05, 0.1) is 5.92 Å². The lowest BCUT2D eigenvalue weighted by Crippen LogP contribution is -2.48. The largest absolute Gasteiger partial charge is 0.481 e. The molecule has 1 aliphatic carbocycles. The second kappa shape index (κ2) is 5.83. The molecule has 7 heteroatoms. The molecule has 0 saturated heterocycles. The summed E-state index contributed by atoms with van der Waals surface area (Å²) in [6.07, 6.45) is 4.36. The molecule has 0 saturated carbocycles. The maximum absolute atomic E-state index is 12.5. The van der Waals surface area contributed by atoms with Gasteiger partial charge < -0.3 is 5.11 Å². The van der Waals surface area contributed by atoms with Crippen molar-refractivity contribution in [1.29, 1.82) is 0 Å². The molecule has 0 aromatic heterocycles. The molecule has 0 fully saturated rings. The first-order valence-electron chi connectivity index (χ1n) is 7.19. The van der Waals surface area contributed by atoms with Crippen LogP contribution < -0.4 is 4.72 Å². The maximum atomic E-state index is 12.5. The van der Waals surface area contributed by atoms with E-state index in [-0.39, 0.29) is 0 Å². The van der Waals surface area contributed by atoms with E-state index in [9.17, 15) is 18.3 Å². The zero-order valence-electron chi connectivity index (χ0n) is 12.0. The molecule has 1 aromatic rings. The third-order valence-electron chi connectivity index (χ3n) is 4.20. The first kappa shape index (κ1) is 15.2. The number of carbonyl (C=O) groups is 1. The second-order valence-electron chi connectivity index (χ2n) is 5.65. The van der Waals surface area contributed by atoms with Crippen LogP contribution >= 0.6 is 0 Å². The van der Waals surface area contributed by atoms with Crippen LogP contribution in [0.3, 0.4) is 0 Å². The summed E-state index contributed by atoms with van der Waals surface area (Å²) in [5.41, 5.74) is 1.98. The van der Waals surface area contributed by atoms with Crippen LogP contribution in [0.5, 0.6) is 0 Å². The molecule has 1 aromatic carbocycles. The molecule has 0 spiro atoms. The molecule has 0 bridgehead atoms. The number of allylic oxidation sites excluding steroid dienone is 1. The Kier molecular flexibility index (Phi) is 4.03. The van der Waals surface area contributed by atoms with E-state index in [0.717, 1.165) is 11.1 Å². The number of hydrogen-bond acceptors (Lipinski definition) is 3. The minimum Gasteiger partial charge on any atom is -0.481 e. The summed E-state index contributed by atoms with van der Waals surface area (Å²) in [5.74, 6) is -1.69. The van der Waals surface area contributed by atoms with Crippen molar-refractivity contribution in [3.63, 3.8) is 0 Å². The molecule has 2 atom stereocenters. The molecule has 0 radical (unpaired) electrons. The van der Waals surface area contributed by atoms with Crippen molar-refractivity contribution < 1.29 is 18.3 Å². The van der Waals surface area contributed by atoms with Crippen LogP contribution in [0.1, 0.15) is 24.0 Å². The van der Waals surface area contributed by atoms with Crippen LogP contribution in [0.25, 0.3) is 0 Å². The fraction of sp³-hybridized carbons (Fsp3) is 0.400. The monoisotopic (exact) mass is 322 g/mol. The first-order valence-corrected chi connectivity index (χ1v) is 8.63. The Labute approximate surface area is 129 Å². The third kappa shape index (κ3) is 2.92. The molecule has 2 N–H and O–H groups in total. The smallest absolute Gasteiger partial charge is 0.308 e. The van der Waals surface area contributed by atoms with Crippen LogP contribution in [-0.4, -0.2) is 29.8 Å². The summed E-state index contributed by atoms with van der Waals surface area (Å²) in [4.78, 5) is 11.3. The summed E-state index contributed by atoms with van der Waals surface area (Å²) >= 11 is 0. The zero-order chi connectivity index (χ0) is 15.7. The van der Waals surface area contributed by atoms with Gasteiger partial charge in [0.15, 0.2) is 0 Å². The van der Waals surface area contributed by atoms with Gasteiger partial charge in [-0.3, -0.25) is 4.79 Å². The van der Waals surface area contributed by atoms with E-state index >= 15 is 0 Å². The fourth-order valence-electron chi connectivity index (χ4n) is 2.96. The van der Waals surface area contributed by atoms with E-state index in [0.29, 0.717) is 25.9 Å². The number of hydrogen-bond donors (Lipinski definition) is 2. The molecular formula is C15H18N2O4S. The lowest BCUT2D eigenvalue weighted by molar-refractivity contribution is -0.142. The van der Waals surface area contributed by atoms with Crippen LogP contribution in [0.2, 0.25) is 0 Å². The highest BCUT2D eigenvalue weighted by molar-refractivity contribution is 7.87. The highest BCUT2D eigenvalue weighted by atomic mass is 32.2. The van der Waals surface area contributed by atoms with E-state index in [1.54, 1.807) is 6.08 Å². The SMILES string of the molecule is O=C(O)[C@@H]1CC=CC[C@@H]1NS(=O)(=O)N1Cc2ccccc2C1. The van der Waals surface area contributed by atoms with Crippen molar-refractivity contribution >= 4 is 16.2 Å². The number of aliphatic carboxylic acids is 1. The molecule has 6 nitrogen and oxygen atoms in total. The van der Waals surface area contributed by atoms with Crippen molar-refractivity contribution in [2.24, 2.45) is 5.92 Å². The number of fused-ring (bicyclic) bond motifs is 1. The van der Waals surface area contributed by atoms with E-state index in [1.807, 2.05) is 30.3 Å². The molecule has 3 rings (SSSR count). The Morgan fingerprint density at radius 3 is 2.32 bits per heavy atom. The number of carboxylic acid groups (broad SMARTS) is 1. The van der Waals surface area contributed by atoms with Gasteiger partial charge in [-0.15, -0.1) is 0 Å². The number of nitrogens with one attached hydrogen (secondary N) is 1. The highest BCUT2D eigenvalue weighted by Gasteiger charge is 2.35. The van der Waals surface area contributed by atoms with E-state index < -0.39 is 28.1 Å². The molecular weight excluding hydrogens is 304 g/mol. The van der Waals surface area contributed by atoms with Gasteiger partial charge in [0.25, 0.3) is 10.2 Å². The normalized spacial score (nSPS) is 25.1. The Morgan fingerprint density at radius 1 is 1.14 bits per heavy atom. The Morgan fingerprint density at radius 2 is 1.73 bits per heavy atom. The van der Waals surface area contributed by atoms with Gasteiger partial charge in [0.1, 0.15) is 0 Å². The first-order chi connectivity index (χ1) is 10.5. The molecule has 22 heavy (non-hydrogen) atoms. The van der Waals surface area contributed by atoms with Crippen molar-refractivity contribution in [3.05, 3.63) is 47.5 Å². The topological polar surface area (TPSA) is 86.7 Å². The van der Waals surface area contributed by atoms with Gasteiger partial charge in [-0.05, 0) is 24.0 Å². The minimum atomic E-state index is -3.71. The molecule has 2 aliphatic rings. The summed E-state index contributed by atoms with van der Waals surface area (Å²) in [6, 6.07) is 6.99. The number of nitrogens with zero attached hydrogens (tertiary/aromatic N) is 1. The lowest BCUT2D eigenvalue weighted by atomic mass is 9.90. The standard InChI is InChI=1S/C15H18N2O4S/c18-15(19)13-7-3-4-8-14(13)16-22(20,21)17-9-11-5-1-2-6-12(11)10-17/h1-6,13-14,16H,7-10H2,(H,18,19)/t13-,14+/m1/s1. The summed E-state index contributed by atoms with van der Waals surface area (Å²) in [7, 11) is -3.71. The van der Waals surface area contributed by atoms with Crippen LogP contribution in [0, 0.1) is 5.92 Å². The maximum Gasteiger partial charge on any atom is 0.308 e. The van der Waals surface area contributed by atoms with Gasteiger partial charge in [-0.2, -0.15) is 17.4 Å². The van der Waals surface area contributed by atoms with E-state index in [4.69, 9.17) is 0 Å². The number of rotatable bonds is 4. The Balaban J connectivity index is 1.75. The summed E-state index contributed by atoms with van der Waals surface area (Å²) in [5, 5.41) is 9.23. The van der Waals surface area contributed by atoms with Gasteiger partial charge in [0, 0.05) is 19.1 Å². The second-order valence-corrected chi connectivity index (χ2v) is 7.36. The van der Waals surface area contributed by atoms with Crippen molar-refractivity contribution in [1.82, 2.24) is 9.03 Å². The molecule has 1 aliphatic heterocycles. The van der Waals surface area contributed by atoms with Crippen molar-refractivity contribution in [2.75, 3.05) is 0 Å².